The molecule has 0 aromatic carbocycles. The van der Waals surface area contributed by atoms with Crippen LogP contribution in [0.3, 0.4) is 0 Å². The molecule has 1 amide bonds. The Morgan fingerprint density at radius 2 is 1.79 bits per heavy atom. The monoisotopic (exact) mass is 288 g/mol. The van der Waals surface area contributed by atoms with Crippen LogP contribution in [0.2, 0.25) is 0 Å². The van der Waals surface area contributed by atoms with Gasteiger partial charge in [0, 0.05) is 25.0 Å². The summed E-state index contributed by atoms with van der Waals surface area (Å²) in [6.45, 7) is 9.47. The highest BCUT2D eigenvalue weighted by atomic mass is 35.5. The molecule has 2 aliphatic heterocycles. The molecule has 0 aromatic heterocycles. The molecule has 1 N–H and O–H groups in total. The first-order valence-electron chi connectivity index (χ1n) is 7.61. The maximum atomic E-state index is 12.3. The predicted molar refractivity (Wildman–Crippen MR) is 81.6 cm³/mol. The topological polar surface area (TPSA) is 32.3 Å². The molecule has 0 bridgehead atoms. The summed E-state index contributed by atoms with van der Waals surface area (Å²) in [5.41, 5.74) is 0. The van der Waals surface area contributed by atoms with Crippen LogP contribution in [0.25, 0.3) is 0 Å². The van der Waals surface area contributed by atoms with Gasteiger partial charge in [-0.15, -0.1) is 12.4 Å². The van der Waals surface area contributed by atoms with E-state index < -0.39 is 0 Å². The summed E-state index contributed by atoms with van der Waals surface area (Å²) in [4.78, 5) is 14.4. The molecule has 2 atom stereocenters. The van der Waals surface area contributed by atoms with Crippen LogP contribution in [0.15, 0.2) is 0 Å². The van der Waals surface area contributed by atoms with Gasteiger partial charge in [0.2, 0.25) is 5.91 Å². The minimum Gasteiger partial charge on any atom is -0.342 e. The highest BCUT2D eigenvalue weighted by Crippen LogP contribution is 2.27. The van der Waals surface area contributed by atoms with Gasteiger partial charge in [0.05, 0.1) is 0 Å². The number of piperidine rings is 1. The molecule has 2 aliphatic rings. The van der Waals surface area contributed by atoms with E-state index in [2.05, 4.69) is 31.0 Å². The van der Waals surface area contributed by atoms with Crippen molar-refractivity contribution in [3.05, 3.63) is 0 Å². The van der Waals surface area contributed by atoms with E-state index in [1.807, 2.05) is 0 Å². The zero-order chi connectivity index (χ0) is 13.1. The molecule has 0 radical (unpaired) electrons. The van der Waals surface area contributed by atoms with E-state index in [0.29, 0.717) is 11.8 Å². The fourth-order valence-corrected chi connectivity index (χ4v) is 3.21. The summed E-state index contributed by atoms with van der Waals surface area (Å²) in [6, 6.07) is 0.727. The summed E-state index contributed by atoms with van der Waals surface area (Å²) < 4.78 is 0. The number of nitrogens with one attached hydrogen (secondary N) is 1. The van der Waals surface area contributed by atoms with Gasteiger partial charge in [0.1, 0.15) is 0 Å². The van der Waals surface area contributed by atoms with Crippen molar-refractivity contribution in [1.82, 2.24) is 10.2 Å². The van der Waals surface area contributed by atoms with Gasteiger partial charge in [-0.1, -0.05) is 20.8 Å². The Morgan fingerprint density at radius 1 is 1.16 bits per heavy atom. The highest BCUT2D eigenvalue weighted by molar-refractivity contribution is 5.85. The lowest BCUT2D eigenvalue weighted by molar-refractivity contribution is -0.137. The maximum absolute atomic E-state index is 12.3. The van der Waals surface area contributed by atoms with Crippen LogP contribution in [0.5, 0.6) is 0 Å². The van der Waals surface area contributed by atoms with Crippen molar-refractivity contribution in [1.29, 1.82) is 0 Å². The first-order chi connectivity index (χ1) is 8.59. The molecule has 0 aliphatic carbocycles. The van der Waals surface area contributed by atoms with Crippen molar-refractivity contribution < 1.29 is 4.79 Å². The molecule has 2 rings (SSSR count). The van der Waals surface area contributed by atoms with Gasteiger partial charge in [-0.05, 0) is 44.1 Å². The van der Waals surface area contributed by atoms with Gasteiger partial charge < -0.3 is 10.2 Å². The van der Waals surface area contributed by atoms with E-state index in [-0.39, 0.29) is 18.3 Å². The Hall–Kier alpha value is -0.280. The third kappa shape index (κ3) is 4.09. The quantitative estimate of drug-likeness (QED) is 0.866. The van der Waals surface area contributed by atoms with E-state index >= 15 is 0 Å². The molecule has 0 saturated carbocycles. The van der Waals surface area contributed by atoms with E-state index in [4.69, 9.17) is 0 Å². The number of halogens is 1. The molecule has 19 heavy (non-hydrogen) atoms. The van der Waals surface area contributed by atoms with Crippen LogP contribution in [0.1, 0.15) is 46.5 Å². The lowest BCUT2D eigenvalue weighted by Crippen LogP contribution is -2.45. The first-order valence-corrected chi connectivity index (χ1v) is 7.61. The zero-order valence-corrected chi connectivity index (χ0v) is 13.3. The second-order valence-corrected chi connectivity index (χ2v) is 6.40. The standard InChI is InChI=1S/C15H28N2O.ClH/c1-11(2)12(3)15(18)17-9-6-13(7-10-17)14-5-4-8-16-14;/h11-14,16H,4-10H2,1-3H3;1H. The predicted octanol–water partition coefficient (Wildman–Crippen LogP) is 2.69. The van der Waals surface area contributed by atoms with Crippen LogP contribution >= 0.6 is 12.4 Å². The van der Waals surface area contributed by atoms with E-state index in [1.165, 1.54) is 32.2 Å². The van der Waals surface area contributed by atoms with E-state index in [9.17, 15) is 4.79 Å². The number of likely N-dealkylation sites (tertiary alicyclic amines) is 1. The molecule has 0 spiro atoms. The fourth-order valence-electron chi connectivity index (χ4n) is 3.21. The third-order valence-corrected chi connectivity index (χ3v) is 4.91. The Labute approximate surface area is 123 Å². The summed E-state index contributed by atoms with van der Waals surface area (Å²) >= 11 is 0. The maximum Gasteiger partial charge on any atom is 0.225 e. The number of amides is 1. The molecular formula is C15H29ClN2O. The van der Waals surface area contributed by atoms with Gasteiger partial charge in [0.15, 0.2) is 0 Å². The normalized spacial score (nSPS) is 26.3. The van der Waals surface area contributed by atoms with Crippen LogP contribution < -0.4 is 5.32 Å². The summed E-state index contributed by atoms with van der Waals surface area (Å²) in [5.74, 6) is 1.78. The van der Waals surface area contributed by atoms with Crippen molar-refractivity contribution >= 4 is 18.3 Å². The van der Waals surface area contributed by atoms with E-state index in [1.54, 1.807) is 0 Å². The number of hydrogen-bond donors (Lipinski definition) is 1. The number of nitrogens with zero attached hydrogens (tertiary/aromatic N) is 1. The molecule has 4 heteroatoms. The average Bonchev–Trinajstić information content (AvgIpc) is 2.91. The highest BCUT2D eigenvalue weighted by Gasteiger charge is 2.31. The average molecular weight is 289 g/mol. The van der Waals surface area contributed by atoms with Crippen LogP contribution in [-0.4, -0.2) is 36.5 Å². The molecule has 112 valence electrons. The summed E-state index contributed by atoms with van der Waals surface area (Å²) in [6.07, 6.45) is 5.04. The molecule has 2 unspecified atom stereocenters. The molecule has 2 saturated heterocycles. The van der Waals surface area contributed by atoms with Crippen molar-refractivity contribution in [3.63, 3.8) is 0 Å². The third-order valence-electron chi connectivity index (χ3n) is 4.91. The van der Waals surface area contributed by atoms with Gasteiger partial charge in [-0.25, -0.2) is 0 Å². The lowest BCUT2D eigenvalue weighted by Gasteiger charge is -2.36. The number of rotatable bonds is 3. The van der Waals surface area contributed by atoms with Gasteiger partial charge in [-0.3, -0.25) is 4.79 Å². The largest absolute Gasteiger partial charge is 0.342 e. The molecule has 3 nitrogen and oxygen atoms in total. The summed E-state index contributed by atoms with van der Waals surface area (Å²) in [5, 5.41) is 3.61. The minimum atomic E-state index is 0. The summed E-state index contributed by atoms with van der Waals surface area (Å²) in [7, 11) is 0. The first kappa shape index (κ1) is 16.8. The van der Waals surface area contributed by atoms with Crippen LogP contribution in [-0.2, 0) is 4.79 Å². The van der Waals surface area contributed by atoms with Crippen molar-refractivity contribution in [2.45, 2.75) is 52.5 Å². The number of hydrogen-bond acceptors (Lipinski definition) is 2. The van der Waals surface area contributed by atoms with Gasteiger partial charge in [-0.2, -0.15) is 0 Å². The minimum absolute atomic E-state index is 0. The Bertz CT molecular complexity index is 282. The second-order valence-electron chi connectivity index (χ2n) is 6.40. The second kappa shape index (κ2) is 7.49. The smallest absolute Gasteiger partial charge is 0.225 e. The molecular weight excluding hydrogens is 260 g/mol. The van der Waals surface area contributed by atoms with Gasteiger partial charge >= 0.3 is 0 Å². The zero-order valence-electron chi connectivity index (χ0n) is 12.5. The van der Waals surface area contributed by atoms with E-state index in [0.717, 1.165) is 25.0 Å². The number of carbonyl (C=O) groups is 1. The SMILES string of the molecule is CC(C)C(C)C(=O)N1CCC(C2CCCN2)CC1.Cl. The fraction of sp³-hybridized carbons (Fsp3) is 0.933. The number of carbonyl (C=O) groups excluding carboxylic acids is 1. The molecule has 0 aromatic rings. The van der Waals surface area contributed by atoms with Crippen molar-refractivity contribution in [2.24, 2.45) is 17.8 Å². The van der Waals surface area contributed by atoms with Crippen LogP contribution in [0, 0.1) is 17.8 Å². The van der Waals surface area contributed by atoms with Crippen LogP contribution in [0.4, 0.5) is 0 Å². The van der Waals surface area contributed by atoms with Crippen molar-refractivity contribution in [3.8, 4) is 0 Å². The Kier molecular flexibility index (Phi) is 6.61. The Balaban J connectivity index is 0.00000180. The van der Waals surface area contributed by atoms with Gasteiger partial charge in [0.25, 0.3) is 0 Å². The lowest BCUT2D eigenvalue weighted by atomic mass is 9.87. The Morgan fingerprint density at radius 3 is 2.26 bits per heavy atom. The van der Waals surface area contributed by atoms with Crippen molar-refractivity contribution in [2.75, 3.05) is 19.6 Å². The molecule has 2 heterocycles. The molecule has 2 fully saturated rings.